The summed E-state index contributed by atoms with van der Waals surface area (Å²) in [7, 11) is 1.62. The maximum absolute atomic E-state index is 13.0. The summed E-state index contributed by atoms with van der Waals surface area (Å²) in [5, 5.41) is 4.93. The predicted molar refractivity (Wildman–Crippen MR) is 92.1 cm³/mol. The second-order valence-corrected chi connectivity index (χ2v) is 6.00. The maximum Gasteiger partial charge on any atom is 0.259 e. The molecule has 1 aliphatic rings. The molecule has 6 nitrogen and oxygen atoms in total. The van der Waals surface area contributed by atoms with E-state index in [2.05, 4.69) is 5.10 Å². The highest BCUT2D eigenvalue weighted by Gasteiger charge is 2.28. The van der Waals surface area contributed by atoms with Crippen LogP contribution in [0.5, 0.6) is 5.75 Å². The molecule has 128 valence electrons. The zero-order chi connectivity index (χ0) is 17.1. The zero-order valence-corrected chi connectivity index (χ0v) is 14.5. The Balaban J connectivity index is 1.84. The Kier molecular flexibility index (Phi) is 5.06. The summed E-state index contributed by atoms with van der Waals surface area (Å²) in [5.74, 6) is 1.22. The number of hydrogen-bond acceptors (Lipinski definition) is 4. The molecule has 0 unspecified atom stereocenters. The molecule has 0 fully saturated rings. The van der Waals surface area contributed by atoms with E-state index in [1.54, 1.807) is 28.8 Å². The molecule has 0 radical (unpaired) electrons. The number of methoxy groups -OCH3 is 1. The average molecular weight is 350 g/mol. The van der Waals surface area contributed by atoms with Crippen LogP contribution in [-0.4, -0.2) is 42.6 Å². The van der Waals surface area contributed by atoms with Gasteiger partial charge in [0.05, 0.1) is 12.3 Å². The number of nitrogens with zero attached hydrogens (tertiary/aromatic N) is 3. The number of aryl methyl sites for hydroxylation is 2. The summed E-state index contributed by atoms with van der Waals surface area (Å²) in [5.41, 5.74) is 1.30. The number of carbonyl (C=O) groups is 1. The lowest BCUT2D eigenvalue weighted by Gasteiger charge is -2.28. The van der Waals surface area contributed by atoms with Gasteiger partial charge in [-0.1, -0.05) is 17.7 Å². The molecule has 1 aromatic carbocycles. The highest BCUT2D eigenvalue weighted by Crippen LogP contribution is 2.33. The van der Waals surface area contributed by atoms with Gasteiger partial charge in [0.2, 0.25) is 0 Å². The van der Waals surface area contributed by atoms with Crippen molar-refractivity contribution in [1.82, 2.24) is 9.78 Å². The molecule has 2 aromatic rings. The third kappa shape index (κ3) is 3.25. The number of anilines is 1. The molecule has 1 amide bonds. The van der Waals surface area contributed by atoms with Gasteiger partial charge in [-0.25, -0.2) is 4.68 Å². The van der Waals surface area contributed by atoms with Gasteiger partial charge in [-0.05, 0) is 31.5 Å². The molecule has 0 saturated heterocycles. The number of benzene rings is 1. The van der Waals surface area contributed by atoms with Crippen LogP contribution in [0.2, 0.25) is 5.02 Å². The second kappa shape index (κ2) is 7.23. The number of fused-ring (bicyclic) bond motifs is 1. The van der Waals surface area contributed by atoms with Gasteiger partial charge >= 0.3 is 0 Å². The van der Waals surface area contributed by atoms with E-state index in [1.165, 1.54) is 0 Å². The van der Waals surface area contributed by atoms with Gasteiger partial charge < -0.3 is 9.47 Å². The van der Waals surface area contributed by atoms with E-state index in [-0.39, 0.29) is 5.91 Å². The van der Waals surface area contributed by atoms with Crippen LogP contribution in [-0.2, 0) is 11.3 Å². The highest BCUT2D eigenvalue weighted by atomic mass is 35.5. The maximum atomic E-state index is 13.0. The molecule has 0 saturated carbocycles. The number of amides is 1. The molecule has 0 aliphatic carbocycles. The first-order valence-electron chi connectivity index (χ1n) is 7.88. The molecular weight excluding hydrogens is 330 g/mol. The molecule has 0 bridgehead atoms. The number of aromatic nitrogens is 2. The smallest absolute Gasteiger partial charge is 0.259 e. The topological polar surface area (TPSA) is 56.6 Å². The minimum atomic E-state index is -0.102. The van der Waals surface area contributed by atoms with Crippen molar-refractivity contribution in [2.45, 2.75) is 19.9 Å². The third-order valence-corrected chi connectivity index (χ3v) is 4.36. The van der Waals surface area contributed by atoms with Gasteiger partial charge in [0.25, 0.3) is 5.91 Å². The Labute approximate surface area is 145 Å². The fourth-order valence-electron chi connectivity index (χ4n) is 2.76. The minimum Gasteiger partial charge on any atom is -0.491 e. The Bertz CT molecular complexity index is 745. The van der Waals surface area contributed by atoms with Crippen LogP contribution in [0.25, 0.3) is 0 Å². The lowest BCUT2D eigenvalue weighted by molar-refractivity contribution is 0.0980. The van der Waals surface area contributed by atoms with Crippen LogP contribution in [0.4, 0.5) is 5.82 Å². The quantitative estimate of drug-likeness (QED) is 0.779. The van der Waals surface area contributed by atoms with Gasteiger partial charge in [0.1, 0.15) is 17.4 Å². The minimum absolute atomic E-state index is 0.102. The van der Waals surface area contributed by atoms with E-state index >= 15 is 0 Å². The van der Waals surface area contributed by atoms with Crippen molar-refractivity contribution in [2.75, 3.05) is 31.8 Å². The summed E-state index contributed by atoms with van der Waals surface area (Å²) < 4.78 is 12.4. The second-order valence-electron chi connectivity index (χ2n) is 5.63. The summed E-state index contributed by atoms with van der Waals surface area (Å²) in [4.78, 5) is 14.6. The third-order valence-electron chi connectivity index (χ3n) is 3.92. The van der Waals surface area contributed by atoms with Crippen LogP contribution in [0.3, 0.4) is 0 Å². The summed E-state index contributed by atoms with van der Waals surface area (Å²) >= 11 is 6.35. The van der Waals surface area contributed by atoms with Crippen molar-refractivity contribution >= 4 is 23.3 Å². The Morgan fingerprint density at radius 3 is 2.96 bits per heavy atom. The summed E-state index contributed by atoms with van der Waals surface area (Å²) in [6.45, 7) is 4.18. The molecule has 1 aliphatic heterocycles. The Hall–Kier alpha value is -2.05. The molecule has 7 heteroatoms. The molecule has 1 aromatic heterocycles. The average Bonchev–Trinajstić information content (AvgIpc) is 2.89. The number of hydrogen-bond donors (Lipinski definition) is 0. The molecule has 24 heavy (non-hydrogen) atoms. The van der Waals surface area contributed by atoms with Crippen molar-refractivity contribution in [3.8, 4) is 5.75 Å². The first-order chi connectivity index (χ1) is 11.6. The van der Waals surface area contributed by atoms with Crippen molar-refractivity contribution in [2.24, 2.45) is 0 Å². The SMILES string of the molecule is COCCOc1cccc(C(=O)N2CCCn3nc(C)c(Cl)c32)c1. The van der Waals surface area contributed by atoms with Crippen LogP contribution in [0, 0.1) is 6.92 Å². The van der Waals surface area contributed by atoms with Crippen LogP contribution in [0.1, 0.15) is 22.5 Å². The fraction of sp³-hybridized carbons (Fsp3) is 0.412. The van der Waals surface area contributed by atoms with Crippen molar-refractivity contribution in [1.29, 1.82) is 0 Å². The lowest BCUT2D eigenvalue weighted by Crippen LogP contribution is -2.37. The summed E-state index contributed by atoms with van der Waals surface area (Å²) in [6, 6.07) is 7.16. The normalized spacial score (nSPS) is 13.7. The molecule has 3 rings (SSSR count). The van der Waals surface area contributed by atoms with Gasteiger partial charge in [0.15, 0.2) is 5.82 Å². The van der Waals surface area contributed by atoms with Gasteiger partial charge in [0, 0.05) is 25.8 Å². The summed E-state index contributed by atoms with van der Waals surface area (Å²) in [6.07, 6.45) is 0.847. The zero-order valence-electron chi connectivity index (χ0n) is 13.8. The van der Waals surface area contributed by atoms with Crippen molar-refractivity contribution in [3.63, 3.8) is 0 Å². The number of carbonyl (C=O) groups excluding carboxylic acids is 1. The van der Waals surface area contributed by atoms with Gasteiger partial charge in [-0.2, -0.15) is 5.10 Å². The van der Waals surface area contributed by atoms with Crippen molar-refractivity contribution < 1.29 is 14.3 Å². The molecule has 0 N–H and O–H groups in total. The molecule has 0 spiro atoms. The molecule has 2 heterocycles. The van der Waals surface area contributed by atoms with Gasteiger partial charge in [-0.15, -0.1) is 0 Å². The van der Waals surface area contributed by atoms with Gasteiger partial charge in [-0.3, -0.25) is 9.69 Å². The van der Waals surface area contributed by atoms with Crippen LogP contribution in [0.15, 0.2) is 24.3 Å². The van der Waals surface area contributed by atoms with E-state index in [0.29, 0.717) is 41.9 Å². The number of rotatable bonds is 5. The van der Waals surface area contributed by atoms with Crippen LogP contribution >= 0.6 is 11.6 Å². The number of halogens is 1. The fourth-order valence-corrected chi connectivity index (χ4v) is 3.00. The van der Waals surface area contributed by atoms with E-state index in [9.17, 15) is 4.79 Å². The van der Waals surface area contributed by atoms with E-state index < -0.39 is 0 Å². The van der Waals surface area contributed by atoms with Crippen LogP contribution < -0.4 is 9.64 Å². The van der Waals surface area contributed by atoms with E-state index in [0.717, 1.165) is 18.7 Å². The predicted octanol–water partition coefficient (Wildman–Crippen LogP) is 2.92. The van der Waals surface area contributed by atoms with E-state index in [4.69, 9.17) is 21.1 Å². The standard InChI is InChI=1S/C17H20ClN3O3/c1-12-15(18)16-20(7-4-8-21(16)19-12)17(22)13-5-3-6-14(11-13)24-10-9-23-2/h3,5-6,11H,4,7-10H2,1-2H3. The first kappa shape index (κ1) is 16.8. The largest absolute Gasteiger partial charge is 0.491 e. The Morgan fingerprint density at radius 2 is 2.17 bits per heavy atom. The number of ether oxygens (including phenoxy) is 2. The Morgan fingerprint density at radius 1 is 1.33 bits per heavy atom. The lowest BCUT2D eigenvalue weighted by atomic mass is 10.1. The monoisotopic (exact) mass is 349 g/mol. The molecule has 0 atom stereocenters. The first-order valence-corrected chi connectivity index (χ1v) is 8.26. The van der Waals surface area contributed by atoms with E-state index in [1.807, 2.05) is 19.1 Å². The highest BCUT2D eigenvalue weighted by molar-refractivity contribution is 6.34. The molecular formula is C17H20ClN3O3. The van der Waals surface area contributed by atoms with Crippen molar-refractivity contribution in [3.05, 3.63) is 40.5 Å².